The van der Waals surface area contributed by atoms with Crippen molar-refractivity contribution in [2.75, 3.05) is 19.7 Å². The Hall–Kier alpha value is -2.13. The number of rotatable bonds is 8. The Bertz CT molecular complexity index is 504. The molecule has 0 saturated heterocycles. The molecule has 1 rings (SSSR count). The zero-order chi connectivity index (χ0) is 15.7. The number of benzene rings is 1. The number of nitrogens with one attached hydrogen (secondary N) is 2. The van der Waals surface area contributed by atoms with E-state index in [0.717, 1.165) is 13.0 Å². The second-order valence-electron chi connectivity index (χ2n) is 4.33. The van der Waals surface area contributed by atoms with Crippen molar-refractivity contribution in [3.63, 3.8) is 0 Å². The number of ether oxygens (including phenoxy) is 1. The lowest BCUT2D eigenvalue weighted by molar-refractivity contribution is -0.122. The van der Waals surface area contributed by atoms with Crippen molar-refractivity contribution in [1.29, 1.82) is 0 Å². The number of halogens is 2. The Morgan fingerprint density at radius 2 is 2.05 bits per heavy atom. The predicted molar refractivity (Wildman–Crippen MR) is 75.7 cm³/mol. The highest BCUT2D eigenvalue weighted by Gasteiger charge is 2.14. The fourth-order valence-corrected chi connectivity index (χ4v) is 1.60. The molecule has 0 fully saturated rings. The average Bonchev–Trinajstić information content (AvgIpc) is 2.44. The van der Waals surface area contributed by atoms with Gasteiger partial charge in [-0.15, -0.1) is 6.42 Å². The third kappa shape index (κ3) is 5.79. The van der Waals surface area contributed by atoms with Crippen LogP contribution in [0.15, 0.2) is 12.1 Å². The fourth-order valence-electron chi connectivity index (χ4n) is 1.60. The van der Waals surface area contributed by atoms with Crippen molar-refractivity contribution in [2.45, 2.75) is 19.9 Å². The first-order valence-corrected chi connectivity index (χ1v) is 6.60. The van der Waals surface area contributed by atoms with Crippen LogP contribution in [0.25, 0.3) is 0 Å². The van der Waals surface area contributed by atoms with Gasteiger partial charge in [-0.2, -0.15) is 0 Å². The monoisotopic (exact) mass is 296 g/mol. The van der Waals surface area contributed by atoms with Crippen LogP contribution in [0.4, 0.5) is 8.78 Å². The third-order valence-corrected chi connectivity index (χ3v) is 2.55. The molecule has 0 aliphatic rings. The summed E-state index contributed by atoms with van der Waals surface area (Å²) >= 11 is 0. The SMILES string of the molecule is C#CCNC(=O)COc1c(F)cc(CNCCC)cc1F. The Labute approximate surface area is 122 Å². The average molecular weight is 296 g/mol. The molecule has 0 spiro atoms. The molecule has 1 amide bonds. The molecule has 0 radical (unpaired) electrons. The van der Waals surface area contributed by atoms with Crippen LogP contribution < -0.4 is 15.4 Å². The molecule has 114 valence electrons. The first kappa shape index (κ1) is 16.9. The van der Waals surface area contributed by atoms with Gasteiger partial charge in [0.05, 0.1) is 6.54 Å². The minimum absolute atomic E-state index is 0.0369. The molecule has 0 saturated carbocycles. The van der Waals surface area contributed by atoms with Crippen molar-refractivity contribution in [3.8, 4) is 18.1 Å². The smallest absolute Gasteiger partial charge is 0.258 e. The molecule has 0 aliphatic heterocycles. The van der Waals surface area contributed by atoms with Crippen LogP contribution in [-0.4, -0.2) is 25.6 Å². The summed E-state index contributed by atoms with van der Waals surface area (Å²) in [6.07, 6.45) is 5.90. The summed E-state index contributed by atoms with van der Waals surface area (Å²) < 4.78 is 32.4. The van der Waals surface area contributed by atoms with Gasteiger partial charge in [-0.1, -0.05) is 12.8 Å². The van der Waals surface area contributed by atoms with E-state index in [4.69, 9.17) is 11.2 Å². The largest absolute Gasteiger partial charge is 0.478 e. The maximum Gasteiger partial charge on any atom is 0.258 e. The Morgan fingerprint density at radius 1 is 1.38 bits per heavy atom. The van der Waals surface area contributed by atoms with E-state index < -0.39 is 29.9 Å². The molecule has 4 nitrogen and oxygen atoms in total. The van der Waals surface area contributed by atoms with Crippen LogP contribution in [0.5, 0.6) is 5.75 Å². The summed E-state index contributed by atoms with van der Waals surface area (Å²) in [5.41, 5.74) is 0.475. The van der Waals surface area contributed by atoms with E-state index >= 15 is 0 Å². The van der Waals surface area contributed by atoms with Crippen LogP contribution in [-0.2, 0) is 11.3 Å². The summed E-state index contributed by atoms with van der Waals surface area (Å²) in [6.45, 7) is 2.66. The van der Waals surface area contributed by atoms with Crippen molar-refractivity contribution in [1.82, 2.24) is 10.6 Å². The molecule has 0 unspecified atom stereocenters. The van der Waals surface area contributed by atoms with Gasteiger partial charge in [0, 0.05) is 6.54 Å². The number of carbonyl (C=O) groups is 1. The first-order chi connectivity index (χ1) is 10.1. The molecule has 6 heteroatoms. The fraction of sp³-hybridized carbons (Fsp3) is 0.400. The van der Waals surface area contributed by atoms with Crippen LogP contribution in [0, 0.1) is 24.0 Å². The summed E-state index contributed by atoms with van der Waals surface area (Å²) in [5.74, 6) is -0.577. The highest BCUT2D eigenvalue weighted by Crippen LogP contribution is 2.23. The van der Waals surface area contributed by atoms with Crippen LogP contribution >= 0.6 is 0 Å². The molecule has 0 heterocycles. The molecule has 2 N–H and O–H groups in total. The number of hydrogen-bond donors (Lipinski definition) is 2. The summed E-state index contributed by atoms with van der Waals surface area (Å²) in [6, 6.07) is 2.36. The Balaban J connectivity index is 2.63. The number of carbonyl (C=O) groups excluding carboxylic acids is 1. The molecule has 0 bridgehead atoms. The normalized spacial score (nSPS) is 10.0. The predicted octanol–water partition coefficient (Wildman–Crippen LogP) is 1.59. The van der Waals surface area contributed by atoms with Crippen LogP contribution in [0.2, 0.25) is 0 Å². The van der Waals surface area contributed by atoms with E-state index in [9.17, 15) is 13.6 Å². The molecule has 0 atom stereocenters. The molecule has 21 heavy (non-hydrogen) atoms. The third-order valence-electron chi connectivity index (χ3n) is 2.55. The van der Waals surface area contributed by atoms with Gasteiger partial charge >= 0.3 is 0 Å². The van der Waals surface area contributed by atoms with E-state index in [1.807, 2.05) is 6.92 Å². The van der Waals surface area contributed by atoms with Gasteiger partial charge in [0.25, 0.3) is 5.91 Å². The highest BCUT2D eigenvalue weighted by molar-refractivity contribution is 5.77. The van der Waals surface area contributed by atoms with E-state index in [0.29, 0.717) is 12.1 Å². The van der Waals surface area contributed by atoms with Gasteiger partial charge < -0.3 is 15.4 Å². The lowest BCUT2D eigenvalue weighted by atomic mass is 10.2. The second kappa shape index (κ2) is 8.93. The Kier molecular flexibility index (Phi) is 7.19. The quantitative estimate of drug-likeness (QED) is 0.566. The van der Waals surface area contributed by atoms with Crippen molar-refractivity contribution < 1.29 is 18.3 Å². The van der Waals surface area contributed by atoms with E-state index in [1.165, 1.54) is 12.1 Å². The van der Waals surface area contributed by atoms with Gasteiger partial charge in [0.1, 0.15) is 0 Å². The maximum absolute atomic E-state index is 13.8. The topological polar surface area (TPSA) is 50.4 Å². The van der Waals surface area contributed by atoms with E-state index in [1.54, 1.807) is 0 Å². The van der Waals surface area contributed by atoms with Gasteiger partial charge in [-0.3, -0.25) is 4.79 Å². The highest BCUT2D eigenvalue weighted by atomic mass is 19.1. The summed E-state index contributed by atoms with van der Waals surface area (Å²) in [5, 5.41) is 5.37. The van der Waals surface area contributed by atoms with Crippen molar-refractivity contribution in [2.24, 2.45) is 0 Å². The first-order valence-electron chi connectivity index (χ1n) is 6.60. The second-order valence-corrected chi connectivity index (χ2v) is 4.33. The minimum atomic E-state index is -0.840. The van der Waals surface area contributed by atoms with E-state index in [-0.39, 0.29) is 6.54 Å². The van der Waals surface area contributed by atoms with Crippen LogP contribution in [0.1, 0.15) is 18.9 Å². The zero-order valence-corrected chi connectivity index (χ0v) is 11.8. The molecule has 1 aromatic rings. The van der Waals surface area contributed by atoms with Gasteiger partial charge in [0.2, 0.25) is 0 Å². The standard InChI is InChI=1S/C15H18F2N2O2/c1-3-5-18-9-11-7-12(16)15(13(17)8-11)21-10-14(20)19-6-4-2/h2,7-8,18H,3,5-6,9-10H2,1H3,(H,19,20). The van der Waals surface area contributed by atoms with Crippen molar-refractivity contribution >= 4 is 5.91 Å². The van der Waals surface area contributed by atoms with Gasteiger partial charge in [-0.05, 0) is 30.7 Å². The van der Waals surface area contributed by atoms with Gasteiger partial charge in [-0.25, -0.2) is 8.78 Å². The zero-order valence-electron chi connectivity index (χ0n) is 11.8. The van der Waals surface area contributed by atoms with E-state index in [2.05, 4.69) is 16.6 Å². The number of amides is 1. The molecular weight excluding hydrogens is 278 g/mol. The lowest BCUT2D eigenvalue weighted by Gasteiger charge is -2.10. The lowest BCUT2D eigenvalue weighted by Crippen LogP contribution is -2.29. The van der Waals surface area contributed by atoms with Crippen molar-refractivity contribution in [3.05, 3.63) is 29.3 Å². The number of hydrogen-bond acceptors (Lipinski definition) is 3. The maximum atomic E-state index is 13.8. The molecule has 0 aromatic heterocycles. The Morgan fingerprint density at radius 3 is 2.62 bits per heavy atom. The molecule has 1 aromatic carbocycles. The molecule has 0 aliphatic carbocycles. The molecular formula is C15H18F2N2O2. The van der Waals surface area contributed by atoms with Crippen LogP contribution in [0.3, 0.4) is 0 Å². The number of terminal acetylenes is 1. The van der Waals surface area contributed by atoms with Gasteiger partial charge in [0.15, 0.2) is 24.0 Å². The summed E-state index contributed by atoms with van der Waals surface area (Å²) in [4.78, 5) is 11.3. The summed E-state index contributed by atoms with van der Waals surface area (Å²) in [7, 11) is 0. The minimum Gasteiger partial charge on any atom is -0.478 e.